The van der Waals surface area contributed by atoms with Crippen LogP contribution in [0.1, 0.15) is 17.4 Å². The zero-order chi connectivity index (χ0) is 38.7. The second kappa shape index (κ2) is 14.1. The van der Waals surface area contributed by atoms with Crippen molar-refractivity contribution in [1.29, 1.82) is 0 Å². The smallest absolute Gasteiger partial charge is 0.0362 e. The van der Waals surface area contributed by atoms with Crippen LogP contribution < -0.4 is 0 Å². The number of hydrogen-bond donors (Lipinski definition) is 0. The molecule has 0 atom stereocenters. The molecule has 11 rings (SSSR count). The van der Waals surface area contributed by atoms with Gasteiger partial charge in [-0.2, -0.15) is 0 Å². The number of hydrogen-bond acceptors (Lipinski definition) is 2. The van der Waals surface area contributed by atoms with Gasteiger partial charge in [0.25, 0.3) is 0 Å². The third kappa shape index (κ3) is 5.88. The molecule has 0 N–H and O–H groups in total. The lowest BCUT2D eigenvalue weighted by molar-refractivity contribution is 1.58. The van der Waals surface area contributed by atoms with Gasteiger partial charge in [0.2, 0.25) is 0 Å². The average Bonchev–Trinajstić information content (AvgIpc) is 3.79. The molecule has 0 amide bonds. The molecule has 0 aliphatic carbocycles. The van der Waals surface area contributed by atoms with Gasteiger partial charge in [-0.05, 0) is 150 Å². The van der Waals surface area contributed by atoms with E-state index in [-0.39, 0.29) is 0 Å². The summed E-state index contributed by atoms with van der Waals surface area (Å²) in [5.41, 5.74) is 8.68. The first kappa shape index (κ1) is 34.7. The van der Waals surface area contributed by atoms with E-state index in [1.54, 1.807) is 0 Å². The van der Waals surface area contributed by atoms with Gasteiger partial charge < -0.3 is 0 Å². The fraction of sp³-hybridized carbons (Fsp3) is 0.0357. The lowest BCUT2D eigenvalue weighted by Crippen LogP contribution is -1.85. The molecular weight excluding hydrogens is 737 g/mol. The van der Waals surface area contributed by atoms with Crippen molar-refractivity contribution in [2.24, 2.45) is 0 Å². The van der Waals surface area contributed by atoms with Gasteiger partial charge in [0.05, 0.1) is 0 Å². The van der Waals surface area contributed by atoms with Crippen LogP contribution in [0.5, 0.6) is 0 Å². The molecule has 0 nitrogen and oxygen atoms in total. The van der Waals surface area contributed by atoms with Gasteiger partial charge in [-0.1, -0.05) is 140 Å². The number of thiophene rings is 2. The van der Waals surface area contributed by atoms with Crippen molar-refractivity contribution in [2.75, 3.05) is 0 Å². The Hall–Kier alpha value is -6.58. The molecule has 0 saturated carbocycles. The molecule has 2 aromatic heterocycles. The van der Waals surface area contributed by atoms with E-state index in [1.165, 1.54) is 117 Å². The monoisotopic (exact) mass is 774 g/mol. The molecule has 0 saturated heterocycles. The molecule has 0 bridgehead atoms. The van der Waals surface area contributed by atoms with E-state index in [0.717, 1.165) is 0 Å². The predicted molar refractivity (Wildman–Crippen MR) is 258 cm³/mol. The van der Waals surface area contributed by atoms with Crippen LogP contribution in [-0.4, -0.2) is 0 Å². The maximum atomic E-state index is 2.43. The van der Waals surface area contributed by atoms with E-state index in [4.69, 9.17) is 0 Å². The predicted octanol–water partition coefficient (Wildman–Crippen LogP) is 17.3. The first-order valence-corrected chi connectivity index (χ1v) is 21.6. The Kier molecular flexibility index (Phi) is 8.43. The van der Waals surface area contributed by atoms with E-state index >= 15 is 0 Å². The van der Waals surface area contributed by atoms with Crippen LogP contribution in [0.15, 0.2) is 188 Å². The lowest BCUT2D eigenvalue weighted by atomic mass is 9.93. The summed E-state index contributed by atoms with van der Waals surface area (Å²) in [6.07, 6.45) is 4.38. The van der Waals surface area contributed by atoms with E-state index in [9.17, 15) is 0 Å². The summed E-state index contributed by atoms with van der Waals surface area (Å²) in [6.45, 7) is 4.37. The summed E-state index contributed by atoms with van der Waals surface area (Å²) < 4.78 is 4.03. The van der Waals surface area contributed by atoms with Crippen LogP contribution in [-0.2, 0) is 0 Å². The standard InChI is InChI=1S/C56H38S2/c1-3-12-52-35(2)56-49-34-55-51(33-44(49)26-28-54(56)57-52)50-32-41(25-27-53(50)58-55)39-20-21-40-31-43(24-22-38(40)29-39)46-16-7-5-4-6-15-45(47-17-10-11-18-48(46)47)42-23-19-36-13-8-9-14-37(36)30-42/h3-34H,1-2H3/b5-4?,6-4?,7-5?,12-3-,15-6?,16-7?,45-15?,46-16?,47-45?,48-46?. The van der Waals surface area contributed by atoms with Crippen molar-refractivity contribution < 1.29 is 0 Å². The largest absolute Gasteiger partial charge is 0.136 e. The van der Waals surface area contributed by atoms with Gasteiger partial charge in [0, 0.05) is 35.1 Å². The van der Waals surface area contributed by atoms with Crippen LogP contribution in [0.25, 0.3) is 113 Å². The van der Waals surface area contributed by atoms with Crippen molar-refractivity contribution in [3.63, 3.8) is 0 Å². The van der Waals surface area contributed by atoms with Crippen molar-refractivity contribution >= 4 is 102 Å². The van der Waals surface area contributed by atoms with Crippen LogP contribution in [0.2, 0.25) is 0 Å². The maximum Gasteiger partial charge on any atom is 0.0362 e. The van der Waals surface area contributed by atoms with Gasteiger partial charge in [-0.25, -0.2) is 0 Å². The third-order valence-corrected chi connectivity index (χ3v) is 14.1. The van der Waals surface area contributed by atoms with Crippen molar-refractivity contribution in [3.8, 4) is 33.4 Å². The Morgan fingerprint density at radius 2 is 0.897 bits per heavy atom. The second-order valence-electron chi connectivity index (χ2n) is 15.2. The van der Waals surface area contributed by atoms with E-state index in [2.05, 4.69) is 208 Å². The summed E-state index contributed by atoms with van der Waals surface area (Å²) in [4.78, 5) is 1.35. The molecule has 0 fully saturated rings. The third-order valence-electron chi connectivity index (χ3n) is 11.8. The lowest BCUT2D eigenvalue weighted by Gasteiger charge is -2.11. The fourth-order valence-corrected chi connectivity index (χ4v) is 11.2. The minimum atomic E-state index is 1.20. The fourth-order valence-electron chi connectivity index (χ4n) is 8.87. The molecule has 2 heteroatoms. The molecule has 0 unspecified atom stereocenters. The highest BCUT2D eigenvalue weighted by Gasteiger charge is 2.15. The van der Waals surface area contributed by atoms with Gasteiger partial charge in [0.15, 0.2) is 0 Å². The highest BCUT2D eigenvalue weighted by Crippen LogP contribution is 2.43. The summed E-state index contributed by atoms with van der Waals surface area (Å²) in [5, 5.41) is 14.1. The summed E-state index contributed by atoms with van der Waals surface area (Å²) in [5.74, 6) is 0. The highest BCUT2D eigenvalue weighted by molar-refractivity contribution is 7.26. The molecule has 58 heavy (non-hydrogen) atoms. The van der Waals surface area contributed by atoms with Gasteiger partial charge in [-0.15, -0.1) is 22.7 Å². The normalized spacial score (nSPS) is 11.9. The van der Waals surface area contributed by atoms with Crippen LogP contribution in [0, 0.1) is 6.92 Å². The molecule has 0 aliphatic rings. The summed E-state index contributed by atoms with van der Waals surface area (Å²) in [7, 11) is 0. The number of allylic oxidation sites excluding steroid dienone is 1. The Morgan fingerprint density at radius 3 is 1.62 bits per heavy atom. The molecular formula is C56H38S2. The molecule has 0 radical (unpaired) electrons. The first-order chi connectivity index (χ1) is 28.6. The summed E-state index contributed by atoms with van der Waals surface area (Å²) in [6, 6.07) is 67.6. The molecule has 274 valence electrons. The Labute approximate surface area is 345 Å². The Bertz CT molecular complexity index is 3540. The van der Waals surface area contributed by atoms with Crippen LogP contribution in [0.3, 0.4) is 0 Å². The van der Waals surface area contributed by atoms with Crippen molar-refractivity contribution in [3.05, 3.63) is 199 Å². The Balaban J connectivity index is 1.00. The van der Waals surface area contributed by atoms with Crippen LogP contribution in [0.4, 0.5) is 0 Å². The SMILES string of the molecule is C/C=C\c1sc2ccc3cc4c(cc3c2c1C)sc1ccc(-c2ccc3cc(-c5ccccccc(-c6ccc7ccccc7c6)c6ccccc56)ccc3c2)cc14. The van der Waals surface area contributed by atoms with Crippen molar-refractivity contribution in [1.82, 2.24) is 0 Å². The molecule has 11 aromatic rings. The number of fused-ring (bicyclic) bond motifs is 9. The minimum Gasteiger partial charge on any atom is -0.136 e. The van der Waals surface area contributed by atoms with Crippen molar-refractivity contribution in [2.45, 2.75) is 13.8 Å². The molecule has 0 spiro atoms. The Morgan fingerprint density at radius 1 is 0.362 bits per heavy atom. The van der Waals surface area contributed by atoms with E-state index in [1.807, 2.05) is 22.7 Å². The highest BCUT2D eigenvalue weighted by atomic mass is 32.1. The van der Waals surface area contributed by atoms with Crippen LogP contribution >= 0.6 is 22.7 Å². The number of benzene rings is 8. The number of rotatable bonds is 4. The minimum absolute atomic E-state index is 1.20. The van der Waals surface area contributed by atoms with Gasteiger partial charge >= 0.3 is 0 Å². The molecule has 0 aliphatic heterocycles. The average molecular weight is 775 g/mol. The van der Waals surface area contributed by atoms with E-state index in [0.29, 0.717) is 0 Å². The van der Waals surface area contributed by atoms with E-state index < -0.39 is 0 Å². The second-order valence-corrected chi connectivity index (χ2v) is 17.4. The molecule has 9 aromatic carbocycles. The molecule has 2 heterocycles. The zero-order valence-electron chi connectivity index (χ0n) is 32.3. The quantitative estimate of drug-likeness (QED) is 0.167. The zero-order valence-corrected chi connectivity index (χ0v) is 33.9. The maximum absolute atomic E-state index is 2.43. The topological polar surface area (TPSA) is 0 Å². The number of aryl methyl sites for hydroxylation is 1. The van der Waals surface area contributed by atoms with Gasteiger partial charge in [-0.3, -0.25) is 0 Å². The first-order valence-electron chi connectivity index (χ1n) is 19.9. The summed E-state index contributed by atoms with van der Waals surface area (Å²) >= 11 is 3.79. The van der Waals surface area contributed by atoms with Gasteiger partial charge in [0.1, 0.15) is 0 Å².